The van der Waals surface area contributed by atoms with E-state index in [0.29, 0.717) is 35.5 Å². The number of anilines is 1. The molecule has 3 aliphatic rings. The van der Waals surface area contributed by atoms with Crippen LogP contribution in [0.4, 0.5) is 19.0 Å². The Morgan fingerprint density at radius 3 is 2.88 bits per heavy atom. The maximum atomic E-state index is 13.7. The summed E-state index contributed by atoms with van der Waals surface area (Å²) < 4.78 is 68.1. The second-order valence-corrected chi connectivity index (χ2v) is 8.26. The molecule has 0 saturated carbocycles. The van der Waals surface area contributed by atoms with E-state index in [9.17, 15) is 18.0 Å². The average molecular weight is 458 g/mol. The fourth-order valence-electron chi connectivity index (χ4n) is 4.75. The van der Waals surface area contributed by atoms with E-state index in [1.807, 2.05) is 0 Å². The Bertz CT molecular complexity index is 1400. The summed E-state index contributed by atoms with van der Waals surface area (Å²) in [4.78, 5) is 23.3. The Labute approximate surface area is 189 Å². The van der Waals surface area contributed by atoms with Gasteiger partial charge in [0.15, 0.2) is 0 Å². The summed E-state index contributed by atoms with van der Waals surface area (Å²) in [7, 11) is 0. The molecule has 5 heterocycles. The second-order valence-electron chi connectivity index (χ2n) is 8.26. The Balaban J connectivity index is 1.43. The molecule has 1 aromatic carbocycles. The number of pyridine rings is 2. The number of likely N-dealkylation sites (tertiary alicyclic amines) is 1. The van der Waals surface area contributed by atoms with Crippen LogP contribution in [0.15, 0.2) is 30.5 Å². The van der Waals surface area contributed by atoms with Gasteiger partial charge in [-0.05, 0) is 36.6 Å². The van der Waals surface area contributed by atoms with Crippen molar-refractivity contribution in [2.24, 2.45) is 0 Å². The first-order valence-corrected chi connectivity index (χ1v) is 10.4. The molecule has 1 fully saturated rings. The molecule has 0 aliphatic carbocycles. The van der Waals surface area contributed by atoms with Crippen LogP contribution in [0.5, 0.6) is 5.75 Å². The summed E-state index contributed by atoms with van der Waals surface area (Å²) in [6, 6.07) is 3.74. The van der Waals surface area contributed by atoms with Gasteiger partial charge in [0.1, 0.15) is 23.4 Å². The second kappa shape index (κ2) is 7.05. The molecule has 33 heavy (non-hydrogen) atoms. The number of fused-ring (bicyclic) bond motifs is 6. The van der Waals surface area contributed by atoms with Gasteiger partial charge in [-0.15, -0.1) is 0 Å². The number of nitrogens with two attached hydrogens (primary N) is 1. The summed E-state index contributed by atoms with van der Waals surface area (Å²) in [5, 5.41) is 0.636. The van der Waals surface area contributed by atoms with Crippen molar-refractivity contribution in [1.29, 1.82) is 0 Å². The van der Waals surface area contributed by atoms with E-state index < -0.39 is 36.3 Å². The number of aromatic nitrogens is 2. The molecule has 6 rings (SSSR count). The Morgan fingerprint density at radius 2 is 2.06 bits per heavy atom. The molecular weight excluding hydrogens is 437 g/mol. The number of rotatable bonds is 1. The Morgan fingerprint density at radius 1 is 1.24 bits per heavy atom. The number of carbonyl (C=O) groups excluding carboxylic acids is 1. The van der Waals surface area contributed by atoms with E-state index in [-0.39, 0.29) is 24.3 Å². The molecule has 3 aromatic rings. The first-order chi connectivity index (χ1) is 16.5. The predicted octanol–water partition coefficient (Wildman–Crippen LogP) is 4.00. The number of carbonyl (C=O) groups is 1. The number of ether oxygens (including phenoxy) is 2. The molecule has 0 spiro atoms. The molecule has 170 valence electrons. The number of halogens is 3. The molecule has 3 aliphatic heterocycles. The lowest BCUT2D eigenvalue weighted by atomic mass is 9.93. The molecular formula is C23H19F3N4O3. The van der Waals surface area contributed by atoms with E-state index >= 15 is 0 Å². The molecule has 0 bridgehead atoms. The van der Waals surface area contributed by atoms with Crippen molar-refractivity contribution in [3.63, 3.8) is 0 Å². The van der Waals surface area contributed by atoms with Crippen LogP contribution in [0.1, 0.15) is 54.4 Å². The summed E-state index contributed by atoms with van der Waals surface area (Å²) in [5.74, 6) is -0.349. The van der Waals surface area contributed by atoms with Crippen molar-refractivity contribution in [2.75, 3.05) is 12.2 Å². The third-order valence-corrected chi connectivity index (χ3v) is 6.33. The van der Waals surface area contributed by atoms with Crippen molar-refractivity contribution < 1.29 is 30.2 Å². The molecule has 10 heteroatoms. The maximum Gasteiger partial charge on any atom is 0.416 e. The lowest BCUT2D eigenvalue weighted by Gasteiger charge is -2.36. The number of nitrogens with zero attached hydrogens (tertiary/aromatic N) is 3. The van der Waals surface area contributed by atoms with Gasteiger partial charge in [-0.2, -0.15) is 13.2 Å². The lowest BCUT2D eigenvalue weighted by molar-refractivity contribution is -0.137. The summed E-state index contributed by atoms with van der Waals surface area (Å²) >= 11 is 0. The highest BCUT2D eigenvalue weighted by molar-refractivity contribution is 5.97. The monoisotopic (exact) mass is 458 g/mol. The van der Waals surface area contributed by atoms with Gasteiger partial charge >= 0.3 is 6.18 Å². The van der Waals surface area contributed by atoms with Gasteiger partial charge in [0.2, 0.25) is 0 Å². The number of piperidine rings is 1. The third kappa shape index (κ3) is 3.12. The number of amides is 1. The van der Waals surface area contributed by atoms with Gasteiger partial charge in [0.05, 0.1) is 36.5 Å². The highest BCUT2D eigenvalue weighted by atomic mass is 19.4. The SMILES string of the molecule is [2H]C1([2H])CC[C@@H]2Oc3cc(C(F)(F)F)ccc3[C@@H]2N1C(=O)c1cc2c3c(c(N)nc2cn1)COC3. The average Bonchev–Trinajstić information content (AvgIpc) is 3.43. The van der Waals surface area contributed by atoms with Crippen molar-refractivity contribution in [1.82, 2.24) is 14.9 Å². The number of nitrogen functional groups attached to an aromatic ring is 1. The standard InChI is InChI=1S/C23H19F3N4O3/c24-23(25,26)11-3-4-12-19(6-11)33-18-2-1-5-30(20(12)18)22(31)16-7-13-14-9-32-10-15(14)21(27)29-17(13)8-28-16/h3-4,6-8,18,20H,1-2,5,9-10H2,(H2,27,29)/t18-,20-/m0/s1/i5D2. The van der Waals surface area contributed by atoms with Crippen LogP contribution in [-0.4, -0.2) is 33.4 Å². The van der Waals surface area contributed by atoms with Crippen molar-refractivity contribution in [3.05, 3.63) is 58.4 Å². The van der Waals surface area contributed by atoms with Gasteiger partial charge in [-0.25, -0.2) is 9.97 Å². The van der Waals surface area contributed by atoms with E-state index in [2.05, 4.69) is 9.97 Å². The van der Waals surface area contributed by atoms with Gasteiger partial charge in [0.25, 0.3) is 5.91 Å². The fraction of sp³-hybridized carbons (Fsp3) is 0.348. The normalized spacial score (nSPS) is 23.9. The van der Waals surface area contributed by atoms with Crippen LogP contribution in [0, 0.1) is 0 Å². The van der Waals surface area contributed by atoms with Crippen molar-refractivity contribution in [2.45, 2.75) is 44.4 Å². The van der Waals surface area contributed by atoms with E-state index in [1.165, 1.54) is 12.3 Å². The highest BCUT2D eigenvalue weighted by Crippen LogP contribution is 2.46. The molecule has 2 N–H and O–H groups in total. The highest BCUT2D eigenvalue weighted by Gasteiger charge is 2.44. The minimum Gasteiger partial charge on any atom is -0.488 e. The molecule has 1 amide bonds. The summed E-state index contributed by atoms with van der Waals surface area (Å²) in [6.07, 6.45) is -3.59. The Hall–Kier alpha value is -3.40. The van der Waals surface area contributed by atoms with Crippen LogP contribution in [0.3, 0.4) is 0 Å². The van der Waals surface area contributed by atoms with E-state index in [1.54, 1.807) is 6.07 Å². The summed E-state index contributed by atoms with van der Waals surface area (Å²) in [5.41, 5.74) is 7.49. The zero-order valence-electron chi connectivity index (χ0n) is 19.1. The smallest absolute Gasteiger partial charge is 0.416 e. The zero-order valence-corrected chi connectivity index (χ0v) is 17.1. The van der Waals surface area contributed by atoms with Crippen LogP contribution < -0.4 is 10.5 Å². The zero-order chi connectivity index (χ0) is 24.7. The van der Waals surface area contributed by atoms with Crippen molar-refractivity contribution in [3.8, 4) is 5.75 Å². The number of benzene rings is 1. The van der Waals surface area contributed by atoms with Gasteiger partial charge in [-0.3, -0.25) is 4.79 Å². The molecule has 2 atom stereocenters. The first kappa shape index (κ1) is 18.1. The van der Waals surface area contributed by atoms with Gasteiger partial charge in [0, 0.05) is 25.8 Å². The van der Waals surface area contributed by atoms with Crippen LogP contribution in [-0.2, 0) is 24.1 Å². The predicted molar refractivity (Wildman–Crippen MR) is 111 cm³/mol. The minimum absolute atomic E-state index is 0.00596. The largest absolute Gasteiger partial charge is 0.488 e. The van der Waals surface area contributed by atoms with Crippen LogP contribution >= 0.6 is 0 Å². The number of hydrogen-bond donors (Lipinski definition) is 1. The molecule has 1 saturated heterocycles. The van der Waals surface area contributed by atoms with Crippen molar-refractivity contribution >= 4 is 22.6 Å². The molecule has 7 nitrogen and oxygen atoms in total. The maximum absolute atomic E-state index is 13.7. The molecule has 2 aromatic heterocycles. The fourth-order valence-corrected chi connectivity index (χ4v) is 4.75. The third-order valence-electron chi connectivity index (χ3n) is 6.33. The summed E-state index contributed by atoms with van der Waals surface area (Å²) in [6.45, 7) is -1.46. The molecule has 0 radical (unpaired) electrons. The van der Waals surface area contributed by atoms with E-state index in [4.69, 9.17) is 17.9 Å². The first-order valence-electron chi connectivity index (χ1n) is 11.4. The number of hydrogen-bond acceptors (Lipinski definition) is 6. The van der Waals surface area contributed by atoms with Crippen LogP contribution in [0.25, 0.3) is 10.9 Å². The lowest BCUT2D eigenvalue weighted by Crippen LogP contribution is -2.44. The Kier molecular flexibility index (Phi) is 3.86. The quantitative estimate of drug-likeness (QED) is 0.593. The topological polar surface area (TPSA) is 90.6 Å². The van der Waals surface area contributed by atoms with Gasteiger partial charge in [-0.1, -0.05) is 6.07 Å². The molecule has 0 unspecified atom stereocenters. The minimum atomic E-state index is -4.55. The van der Waals surface area contributed by atoms with Crippen LogP contribution in [0.2, 0.25) is 0 Å². The van der Waals surface area contributed by atoms with Gasteiger partial charge < -0.3 is 20.1 Å². The number of alkyl halides is 3. The van der Waals surface area contributed by atoms with E-state index in [0.717, 1.165) is 28.2 Å².